The molecule has 0 bridgehead atoms. The molecule has 0 radical (unpaired) electrons. The number of hydrogen-bond donors (Lipinski definition) is 0. The van der Waals surface area contributed by atoms with Crippen LogP contribution in [-0.4, -0.2) is 61.1 Å². The number of fused-ring (bicyclic) bond motifs is 3. The van der Waals surface area contributed by atoms with Crippen molar-refractivity contribution in [3.63, 3.8) is 0 Å². The molecular formula is C23H29N3O2. The van der Waals surface area contributed by atoms with E-state index in [-0.39, 0.29) is 12.5 Å². The number of ether oxygens (including phenoxy) is 1. The molecule has 1 saturated heterocycles. The fraction of sp³-hybridized carbons (Fsp3) is 0.435. The molecule has 2 aliphatic heterocycles. The van der Waals surface area contributed by atoms with Crippen molar-refractivity contribution >= 4 is 11.6 Å². The topological polar surface area (TPSA) is 36.0 Å². The van der Waals surface area contributed by atoms with Gasteiger partial charge in [-0.2, -0.15) is 0 Å². The Balaban J connectivity index is 1.53. The Morgan fingerprint density at radius 2 is 1.82 bits per heavy atom. The number of amides is 1. The minimum Gasteiger partial charge on any atom is -0.372 e. The van der Waals surface area contributed by atoms with Crippen LogP contribution in [0.5, 0.6) is 0 Å². The van der Waals surface area contributed by atoms with Gasteiger partial charge in [-0.1, -0.05) is 48.5 Å². The summed E-state index contributed by atoms with van der Waals surface area (Å²) < 4.78 is 5.40. The van der Waals surface area contributed by atoms with Crippen molar-refractivity contribution in [3.05, 3.63) is 65.7 Å². The molecule has 1 amide bonds. The number of nitrogens with zero attached hydrogens (tertiary/aromatic N) is 3. The molecule has 148 valence electrons. The Morgan fingerprint density at radius 3 is 2.64 bits per heavy atom. The maximum absolute atomic E-state index is 12.7. The molecule has 0 aliphatic carbocycles. The van der Waals surface area contributed by atoms with Crippen LogP contribution in [0, 0.1) is 0 Å². The molecule has 2 aromatic carbocycles. The standard InChI is InChI=1S/C23H29N3O2/c1-2-28-18-23(27)25-15-20-10-6-7-11-22(20)26-13-12-24(16-21(26)17-25)14-19-8-4-3-5-9-19/h3-11,21H,2,12-18H2,1H3. The lowest BCUT2D eigenvalue weighted by atomic mass is 10.1. The van der Waals surface area contributed by atoms with E-state index in [2.05, 4.69) is 64.4 Å². The third-order valence-electron chi connectivity index (χ3n) is 5.69. The van der Waals surface area contributed by atoms with Gasteiger partial charge in [0.25, 0.3) is 0 Å². The van der Waals surface area contributed by atoms with E-state index in [0.717, 1.165) is 32.7 Å². The van der Waals surface area contributed by atoms with E-state index in [9.17, 15) is 4.79 Å². The summed E-state index contributed by atoms with van der Waals surface area (Å²) in [6.45, 7) is 8.00. The molecule has 2 aliphatic rings. The maximum Gasteiger partial charge on any atom is 0.248 e. The van der Waals surface area contributed by atoms with Crippen LogP contribution in [0.15, 0.2) is 54.6 Å². The molecule has 0 saturated carbocycles. The highest BCUT2D eigenvalue weighted by Crippen LogP contribution is 2.30. The zero-order valence-corrected chi connectivity index (χ0v) is 16.6. The molecule has 0 N–H and O–H groups in total. The Labute approximate surface area is 167 Å². The lowest BCUT2D eigenvalue weighted by Gasteiger charge is -2.43. The first-order valence-corrected chi connectivity index (χ1v) is 10.2. The Morgan fingerprint density at radius 1 is 1.04 bits per heavy atom. The van der Waals surface area contributed by atoms with Gasteiger partial charge >= 0.3 is 0 Å². The minimum atomic E-state index is 0.0821. The molecule has 4 rings (SSSR count). The fourth-order valence-corrected chi connectivity index (χ4v) is 4.30. The van der Waals surface area contributed by atoms with Crippen LogP contribution < -0.4 is 4.90 Å². The van der Waals surface area contributed by atoms with Gasteiger partial charge in [0, 0.05) is 51.6 Å². The largest absolute Gasteiger partial charge is 0.372 e. The van der Waals surface area contributed by atoms with E-state index < -0.39 is 0 Å². The van der Waals surface area contributed by atoms with Gasteiger partial charge in [-0.3, -0.25) is 9.69 Å². The van der Waals surface area contributed by atoms with E-state index in [1.807, 2.05) is 11.8 Å². The first-order chi connectivity index (χ1) is 13.7. The van der Waals surface area contributed by atoms with Crippen LogP contribution in [0.4, 0.5) is 5.69 Å². The van der Waals surface area contributed by atoms with Gasteiger partial charge in [-0.05, 0) is 24.1 Å². The van der Waals surface area contributed by atoms with Gasteiger partial charge in [0.2, 0.25) is 5.91 Å². The molecule has 5 heteroatoms. The van der Waals surface area contributed by atoms with Crippen molar-refractivity contribution in [1.29, 1.82) is 0 Å². The van der Waals surface area contributed by atoms with Crippen LogP contribution >= 0.6 is 0 Å². The van der Waals surface area contributed by atoms with Gasteiger partial charge < -0.3 is 14.5 Å². The summed E-state index contributed by atoms with van der Waals surface area (Å²) in [6, 6.07) is 19.4. The van der Waals surface area contributed by atoms with E-state index in [1.165, 1.54) is 16.8 Å². The number of rotatable bonds is 5. The minimum absolute atomic E-state index is 0.0821. The number of benzene rings is 2. The SMILES string of the molecule is CCOCC(=O)N1Cc2ccccc2N2CCN(Cc3ccccc3)CC2C1. The molecule has 0 spiro atoms. The zero-order chi connectivity index (χ0) is 19.3. The molecule has 28 heavy (non-hydrogen) atoms. The van der Waals surface area contributed by atoms with E-state index in [0.29, 0.717) is 19.2 Å². The first kappa shape index (κ1) is 19.0. The van der Waals surface area contributed by atoms with Crippen LogP contribution in [0.1, 0.15) is 18.1 Å². The van der Waals surface area contributed by atoms with Crippen molar-refractivity contribution < 1.29 is 9.53 Å². The molecular weight excluding hydrogens is 350 g/mol. The predicted molar refractivity (Wildman–Crippen MR) is 111 cm³/mol. The second kappa shape index (κ2) is 8.76. The third kappa shape index (κ3) is 4.21. The Hall–Kier alpha value is -2.37. The first-order valence-electron chi connectivity index (χ1n) is 10.2. The van der Waals surface area contributed by atoms with Gasteiger partial charge in [-0.25, -0.2) is 0 Å². The van der Waals surface area contributed by atoms with Crippen LogP contribution in [0.2, 0.25) is 0 Å². The Kier molecular flexibility index (Phi) is 5.93. The highest BCUT2D eigenvalue weighted by atomic mass is 16.5. The fourth-order valence-electron chi connectivity index (χ4n) is 4.30. The summed E-state index contributed by atoms with van der Waals surface area (Å²) in [5.74, 6) is 0.0821. The number of anilines is 1. The van der Waals surface area contributed by atoms with Crippen molar-refractivity contribution in [1.82, 2.24) is 9.80 Å². The zero-order valence-electron chi connectivity index (χ0n) is 16.6. The second-order valence-electron chi connectivity index (χ2n) is 7.61. The molecule has 0 aromatic heterocycles. The van der Waals surface area contributed by atoms with Gasteiger partial charge in [-0.15, -0.1) is 0 Å². The highest BCUT2D eigenvalue weighted by molar-refractivity contribution is 5.78. The van der Waals surface area contributed by atoms with Crippen LogP contribution in [0.3, 0.4) is 0 Å². The normalized spacial score (nSPS) is 19.7. The summed E-state index contributed by atoms with van der Waals surface area (Å²) in [6.07, 6.45) is 0. The molecule has 1 atom stereocenters. The van der Waals surface area contributed by atoms with Crippen LogP contribution in [-0.2, 0) is 22.6 Å². The quantitative estimate of drug-likeness (QED) is 0.800. The van der Waals surface area contributed by atoms with E-state index >= 15 is 0 Å². The van der Waals surface area contributed by atoms with Crippen molar-refractivity contribution in [2.24, 2.45) is 0 Å². The summed E-state index contributed by atoms with van der Waals surface area (Å²) >= 11 is 0. The smallest absolute Gasteiger partial charge is 0.248 e. The molecule has 5 nitrogen and oxygen atoms in total. The Bertz CT molecular complexity index is 795. The molecule has 1 fully saturated rings. The maximum atomic E-state index is 12.7. The predicted octanol–water partition coefficient (Wildman–Crippen LogP) is 2.76. The van der Waals surface area contributed by atoms with Gasteiger partial charge in [0.15, 0.2) is 0 Å². The number of para-hydroxylation sites is 1. The lowest BCUT2D eigenvalue weighted by Crippen LogP contribution is -2.56. The molecule has 2 heterocycles. The van der Waals surface area contributed by atoms with Gasteiger partial charge in [0.05, 0.1) is 6.04 Å². The summed E-state index contributed by atoms with van der Waals surface area (Å²) in [5, 5.41) is 0. The molecule has 1 unspecified atom stereocenters. The summed E-state index contributed by atoms with van der Waals surface area (Å²) in [7, 11) is 0. The number of carbonyl (C=O) groups is 1. The van der Waals surface area contributed by atoms with Crippen molar-refractivity contribution in [3.8, 4) is 0 Å². The number of piperazine rings is 1. The molecule has 2 aromatic rings. The van der Waals surface area contributed by atoms with Crippen LogP contribution in [0.25, 0.3) is 0 Å². The lowest BCUT2D eigenvalue weighted by molar-refractivity contribution is -0.136. The summed E-state index contributed by atoms with van der Waals surface area (Å²) in [4.78, 5) is 19.7. The average molecular weight is 380 g/mol. The highest BCUT2D eigenvalue weighted by Gasteiger charge is 2.34. The van der Waals surface area contributed by atoms with Crippen molar-refractivity contribution in [2.45, 2.75) is 26.1 Å². The van der Waals surface area contributed by atoms with E-state index in [4.69, 9.17) is 4.74 Å². The van der Waals surface area contributed by atoms with Gasteiger partial charge in [0.1, 0.15) is 6.61 Å². The van der Waals surface area contributed by atoms with E-state index in [1.54, 1.807) is 0 Å². The average Bonchev–Trinajstić information content (AvgIpc) is 2.89. The monoisotopic (exact) mass is 379 g/mol. The van der Waals surface area contributed by atoms with Crippen molar-refractivity contribution in [2.75, 3.05) is 44.3 Å². The second-order valence-corrected chi connectivity index (χ2v) is 7.61. The number of hydrogen-bond acceptors (Lipinski definition) is 4. The third-order valence-corrected chi connectivity index (χ3v) is 5.69. The number of carbonyl (C=O) groups excluding carboxylic acids is 1. The summed E-state index contributed by atoms with van der Waals surface area (Å²) in [5.41, 5.74) is 3.85.